The molecule has 0 N–H and O–H groups in total. The molecule has 134 valence electrons. The lowest BCUT2D eigenvalue weighted by Gasteiger charge is -2.26. The van der Waals surface area contributed by atoms with Gasteiger partial charge in [-0.1, -0.05) is 42.5 Å². The minimum absolute atomic E-state index is 0.179. The van der Waals surface area contributed by atoms with Crippen molar-refractivity contribution in [2.75, 3.05) is 7.05 Å². The molecule has 4 aromatic rings. The van der Waals surface area contributed by atoms with Gasteiger partial charge in [0, 0.05) is 41.3 Å². The van der Waals surface area contributed by atoms with E-state index < -0.39 is 11.8 Å². The number of aromatic nitrogens is 2. The molecule has 2 heterocycles. The molecule has 0 fully saturated rings. The zero-order valence-corrected chi connectivity index (χ0v) is 14.8. The number of fused-ring (bicyclic) bond motifs is 2. The van der Waals surface area contributed by atoms with Gasteiger partial charge in [0.15, 0.2) is 5.78 Å². The van der Waals surface area contributed by atoms with E-state index in [0.29, 0.717) is 32.9 Å². The Balaban J connectivity index is 2.02. The van der Waals surface area contributed by atoms with Crippen LogP contribution >= 0.6 is 0 Å². The summed E-state index contributed by atoms with van der Waals surface area (Å²) in [6.45, 7) is 0. The van der Waals surface area contributed by atoms with Crippen LogP contribution in [-0.2, 0) is 0 Å². The van der Waals surface area contributed by atoms with Gasteiger partial charge in [0.25, 0.3) is 11.8 Å². The second-order valence-electron chi connectivity index (χ2n) is 6.60. The third-order valence-electron chi connectivity index (χ3n) is 5.07. The Labute approximate surface area is 159 Å². The van der Waals surface area contributed by atoms with E-state index in [-0.39, 0.29) is 16.9 Å². The topological polar surface area (TPSA) is 80.2 Å². The number of imide groups is 1. The molecule has 0 aliphatic carbocycles. The maximum atomic E-state index is 13.4. The molecule has 3 aromatic carbocycles. The van der Waals surface area contributed by atoms with Crippen LogP contribution in [0.4, 0.5) is 0 Å². The van der Waals surface area contributed by atoms with Crippen molar-refractivity contribution in [2.24, 2.45) is 0 Å². The maximum absolute atomic E-state index is 13.4. The van der Waals surface area contributed by atoms with Crippen molar-refractivity contribution in [1.29, 1.82) is 0 Å². The third kappa shape index (κ3) is 2.05. The molecule has 0 atom stereocenters. The van der Waals surface area contributed by atoms with E-state index in [2.05, 4.69) is 9.97 Å². The molecule has 0 saturated carbocycles. The molecule has 0 radical (unpaired) electrons. The molecule has 1 aromatic heterocycles. The third-order valence-corrected chi connectivity index (χ3v) is 5.07. The van der Waals surface area contributed by atoms with E-state index in [1.165, 1.54) is 19.4 Å². The molecular weight excluding hydrogens is 354 g/mol. The molecule has 2 amide bonds. The predicted octanol–water partition coefficient (Wildman–Crippen LogP) is 3.24. The minimum atomic E-state index is -0.513. The second kappa shape index (κ2) is 5.79. The number of hydrogen-bond acceptors (Lipinski definition) is 5. The van der Waals surface area contributed by atoms with Crippen LogP contribution in [0.3, 0.4) is 0 Å². The Morgan fingerprint density at radius 2 is 1.57 bits per heavy atom. The average molecular weight is 367 g/mol. The summed E-state index contributed by atoms with van der Waals surface area (Å²) >= 11 is 0. The normalized spacial score (nSPS) is 13.4. The fraction of sp³-hybridized carbons (Fsp3) is 0.0455. The molecule has 28 heavy (non-hydrogen) atoms. The van der Waals surface area contributed by atoms with Crippen molar-refractivity contribution in [3.8, 4) is 0 Å². The lowest BCUT2D eigenvalue weighted by Crippen LogP contribution is -2.38. The first kappa shape index (κ1) is 16.3. The number of carbonyl (C=O) groups is 3. The molecule has 0 spiro atoms. The van der Waals surface area contributed by atoms with Crippen LogP contribution in [0.5, 0.6) is 0 Å². The number of carbonyl (C=O) groups excluding carboxylic acids is 3. The van der Waals surface area contributed by atoms with Gasteiger partial charge in [-0.2, -0.15) is 0 Å². The molecule has 1 aliphatic heterocycles. The summed E-state index contributed by atoms with van der Waals surface area (Å²) in [5, 5.41) is 1.10. The Hall–Kier alpha value is -3.93. The van der Waals surface area contributed by atoms with Crippen LogP contribution in [0.15, 0.2) is 60.9 Å². The Morgan fingerprint density at radius 3 is 2.32 bits per heavy atom. The van der Waals surface area contributed by atoms with Gasteiger partial charge in [0.2, 0.25) is 0 Å². The highest BCUT2D eigenvalue weighted by atomic mass is 16.2. The number of amides is 2. The van der Waals surface area contributed by atoms with Gasteiger partial charge in [-0.15, -0.1) is 0 Å². The first-order chi connectivity index (χ1) is 13.6. The first-order valence-electron chi connectivity index (χ1n) is 8.71. The Morgan fingerprint density at radius 1 is 0.857 bits per heavy atom. The maximum Gasteiger partial charge on any atom is 0.261 e. The number of nitrogens with zero attached hydrogens (tertiary/aromatic N) is 3. The number of benzene rings is 3. The summed E-state index contributed by atoms with van der Waals surface area (Å²) < 4.78 is 0. The standard InChI is InChI=1S/C22H13N3O3/c1-25-21(27)14-9-5-8-13-15(14)16(22(25)28)17(19-18(13)23-10-11-24-19)20(26)12-6-3-2-4-7-12/h2-11H,1H3. The van der Waals surface area contributed by atoms with Crippen molar-refractivity contribution in [3.63, 3.8) is 0 Å². The minimum Gasteiger partial charge on any atom is -0.288 e. The number of ketones is 1. The van der Waals surface area contributed by atoms with Gasteiger partial charge >= 0.3 is 0 Å². The summed E-state index contributed by atoms with van der Waals surface area (Å²) in [7, 11) is 1.42. The average Bonchev–Trinajstić information content (AvgIpc) is 2.75. The molecule has 6 heteroatoms. The Kier molecular flexibility index (Phi) is 3.36. The largest absolute Gasteiger partial charge is 0.288 e. The van der Waals surface area contributed by atoms with Gasteiger partial charge in [0.1, 0.15) is 5.52 Å². The molecule has 0 bridgehead atoms. The van der Waals surface area contributed by atoms with E-state index in [1.54, 1.807) is 42.5 Å². The SMILES string of the molecule is CN1C(=O)c2cccc3c2c(c(C(=O)c2ccccc2)c2nccnc23)C1=O. The van der Waals surface area contributed by atoms with Crippen molar-refractivity contribution >= 4 is 39.4 Å². The van der Waals surface area contributed by atoms with Gasteiger partial charge in [-0.3, -0.25) is 29.3 Å². The van der Waals surface area contributed by atoms with E-state index in [1.807, 2.05) is 6.07 Å². The van der Waals surface area contributed by atoms with Crippen LogP contribution in [0.25, 0.3) is 21.8 Å². The number of rotatable bonds is 2. The highest BCUT2D eigenvalue weighted by molar-refractivity contribution is 6.34. The zero-order valence-electron chi connectivity index (χ0n) is 14.8. The lowest BCUT2D eigenvalue weighted by molar-refractivity contribution is 0.0648. The van der Waals surface area contributed by atoms with Crippen molar-refractivity contribution in [3.05, 3.63) is 83.2 Å². The van der Waals surface area contributed by atoms with Crippen molar-refractivity contribution < 1.29 is 14.4 Å². The fourth-order valence-corrected chi connectivity index (χ4v) is 3.77. The van der Waals surface area contributed by atoms with E-state index in [9.17, 15) is 14.4 Å². The van der Waals surface area contributed by atoms with E-state index in [0.717, 1.165) is 4.90 Å². The van der Waals surface area contributed by atoms with Gasteiger partial charge < -0.3 is 0 Å². The van der Waals surface area contributed by atoms with Crippen molar-refractivity contribution in [2.45, 2.75) is 0 Å². The van der Waals surface area contributed by atoms with Gasteiger partial charge in [-0.05, 0) is 6.07 Å². The van der Waals surface area contributed by atoms with Crippen LogP contribution in [-0.4, -0.2) is 39.5 Å². The molecular formula is C22H13N3O3. The monoisotopic (exact) mass is 367 g/mol. The van der Waals surface area contributed by atoms with Gasteiger partial charge in [0.05, 0.1) is 16.6 Å². The Bertz CT molecular complexity index is 1330. The summed E-state index contributed by atoms with van der Waals surface area (Å²) in [4.78, 5) is 49.1. The van der Waals surface area contributed by atoms with Crippen LogP contribution in [0.1, 0.15) is 36.6 Å². The highest BCUT2D eigenvalue weighted by Crippen LogP contribution is 2.37. The zero-order chi connectivity index (χ0) is 19.4. The lowest BCUT2D eigenvalue weighted by atomic mass is 9.86. The van der Waals surface area contributed by atoms with Crippen LogP contribution in [0.2, 0.25) is 0 Å². The first-order valence-corrected chi connectivity index (χ1v) is 8.71. The van der Waals surface area contributed by atoms with Gasteiger partial charge in [-0.25, -0.2) is 0 Å². The molecule has 5 rings (SSSR count). The predicted molar refractivity (Wildman–Crippen MR) is 103 cm³/mol. The molecule has 1 aliphatic rings. The molecule has 6 nitrogen and oxygen atoms in total. The fourth-order valence-electron chi connectivity index (χ4n) is 3.77. The second-order valence-corrected chi connectivity index (χ2v) is 6.60. The summed E-state index contributed by atoms with van der Waals surface area (Å²) in [6, 6.07) is 13.9. The molecule has 0 saturated heterocycles. The number of hydrogen-bond donors (Lipinski definition) is 0. The quantitative estimate of drug-likeness (QED) is 0.309. The molecule has 0 unspecified atom stereocenters. The summed E-state index contributed by atoms with van der Waals surface area (Å²) in [5.41, 5.74) is 2.05. The van der Waals surface area contributed by atoms with Crippen molar-refractivity contribution in [1.82, 2.24) is 14.9 Å². The van der Waals surface area contributed by atoms with E-state index >= 15 is 0 Å². The van der Waals surface area contributed by atoms with E-state index in [4.69, 9.17) is 0 Å². The summed E-state index contributed by atoms with van der Waals surface area (Å²) in [5.74, 6) is -1.24. The van der Waals surface area contributed by atoms with Crippen LogP contribution in [0, 0.1) is 0 Å². The van der Waals surface area contributed by atoms with Crippen LogP contribution < -0.4 is 0 Å². The summed E-state index contributed by atoms with van der Waals surface area (Å²) in [6.07, 6.45) is 3.03. The highest BCUT2D eigenvalue weighted by Gasteiger charge is 2.36. The smallest absolute Gasteiger partial charge is 0.261 e.